The van der Waals surface area contributed by atoms with Crippen LogP contribution in [0.5, 0.6) is 0 Å². The van der Waals surface area contributed by atoms with E-state index < -0.39 is 39.4 Å². The van der Waals surface area contributed by atoms with Gasteiger partial charge in [-0.3, -0.25) is 19.7 Å². The van der Waals surface area contributed by atoms with Crippen molar-refractivity contribution >= 4 is 29.5 Å². The van der Waals surface area contributed by atoms with Crippen LogP contribution in [0.3, 0.4) is 0 Å². The summed E-state index contributed by atoms with van der Waals surface area (Å²) >= 11 is 0. The molecule has 1 aliphatic heterocycles. The second kappa shape index (κ2) is 6.22. The van der Waals surface area contributed by atoms with Crippen LogP contribution in [0.1, 0.15) is 29.2 Å². The molecule has 0 radical (unpaired) electrons. The van der Waals surface area contributed by atoms with Crippen molar-refractivity contribution in [2.75, 3.05) is 4.90 Å². The van der Waals surface area contributed by atoms with E-state index in [9.17, 15) is 24.5 Å². The summed E-state index contributed by atoms with van der Waals surface area (Å²) in [4.78, 5) is 52.6. The highest BCUT2D eigenvalue weighted by molar-refractivity contribution is 6.25. The van der Waals surface area contributed by atoms with E-state index in [4.69, 9.17) is 0 Å². The second-order valence-electron chi connectivity index (χ2n) is 9.02. The number of hydrogen-bond acceptors (Lipinski definition) is 5. The fourth-order valence-electron chi connectivity index (χ4n) is 6.46. The van der Waals surface area contributed by atoms with Gasteiger partial charge >= 0.3 is 0 Å². The predicted molar refractivity (Wildman–Crippen MR) is 119 cm³/mol. The Hall–Kier alpha value is -4.13. The van der Waals surface area contributed by atoms with Gasteiger partial charge in [0.25, 0.3) is 5.69 Å². The molecule has 2 atom stereocenters. The summed E-state index contributed by atoms with van der Waals surface area (Å²) in [5.41, 5.74) is 0.995. The molecule has 3 aliphatic carbocycles. The lowest BCUT2D eigenvalue weighted by Crippen LogP contribution is -2.61. The van der Waals surface area contributed by atoms with Gasteiger partial charge in [0.1, 0.15) is 6.29 Å². The lowest BCUT2D eigenvalue weighted by molar-refractivity contribution is -0.384. The molecule has 33 heavy (non-hydrogen) atoms. The van der Waals surface area contributed by atoms with E-state index in [0.29, 0.717) is 0 Å². The number of non-ortho nitro benzene ring substituents is 1. The number of carbonyl (C=O) groups is 3. The minimum atomic E-state index is -1.31. The predicted octanol–water partition coefficient (Wildman–Crippen LogP) is 3.52. The first-order chi connectivity index (χ1) is 15.9. The van der Waals surface area contributed by atoms with Crippen molar-refractivity contribution in [2.24, 2.45) is 11.8 Å². The van der Waals surface area contributed by atoms with Crippen molar-refractivity contribution in [3.63, 3.8) is 0 Å². The van der Waals surface area contributed by atoms with Crippen LogP contribution in [0.2, 0.25) is 0 Å². The number of nitrogens with zero attached hydrogens (tertiary/aromatic N) is 2. The molecule has 7 heteroatoms. The van der Waals surface area contributed by atoms with Gasteiger partial charge in [-0.1, -0.05) is 61.5 Å². The maximum absolute atomic E-state index is 13.9. The Morgan fingerprint density at radius 1 is 0.848 bits per heavy atom. The summed E-state index contributed by atoms with van der Waals surface area (Å²) in [7, 11) is 0. The minimum Gasteiger partial charge on any atom is -0.302 e. The number of aldehydes is 1. The van der Waals surface area contributed by atoms with Gasteiger partial charge in [0.05, 0.1) is 27.9 Å². The lowest BCUT2D eigenvalue weighted by atomic mass is 9.42. The lowest BCUT2D eigenvalue weighted by Gasteiger charge is -2.56. The Morgan fingerprint density at radius 3 is 1.94 bits per heavy atom. The monoisotopic (exact) mass is 438 g/mol. The van der Waals surface area contributed by atoms with Gasteiger partial charge in [-0.25, -0.2) is 4.90 Å². The van der Waals surface area contributed by atoms with Crippen molar-refractivity contribution < 1.29 is 19.3 Å². The number of rotatable bonds is 3. The number of benzene rings is 3. The molecule has 4 aliphatic rings. The molecule has 2 amide bonds. The van der Waals surface area contributed by atoms with Crippen LogP contribution in [-0.4, -0.2) is 23.0 Å². The number of amides is 2. The maximum atomic E-state index is 13.9. The third-order valence-corrected chi connectivity index (χ3v) is 7.77. The van der Waals surface area contributed by atoms with Crippen molar-refractivity contribution in [2.45, 2.75) is 17.8 Å². The van der Waals surface area contributed by atoms with Crippen LogP contribution in [0.25, 0.3) is 0 Å². The minimum absolute atomic E-state index is 0.144. The summed E-state index contributed by atoms with van der Waals surface area (Å²) < 4.78 is 0. The Balaban J connectivity index is 1.66. The molecule has 2 bridgehead atoms. The van der Waals surface area contributed by atoms with E-state index >= 15 is 0 Å². The molecule has 3 aromatic rings. The molecule has 3 aromatic carbocycles. The average molecular weight is 438 g/mol. The number of carbonyl (C=O) groups excluding carboxylic acids is 3. The van der Waals surface area contributed by atoms with Gasteiger partial charge in [-0.15, -0.1) is 0 Å². The summed E-state index contributed by atoms with van der Waals surface area (Å²) in [6.07, 6.45) is 0.809. The van der Waals surface area contributed by atoms with E-state index in [1.165, 1.54) is 24.3 Å². The van der Waals surface area contributed by atoms with Crippen LogP contribution in [0.15, 0.2) is 72.8 Å². The Bertz CT molecular complexity index is 1360. The van der Waals surface area contributed by atoms with Crippen molar-refractivity contribution in [1.82, 2.24) is 0 Å². The van der Waals surface area contributed by atoms with Crippen molar-refractivity contribution in [3.8, 4) is 0 Å². The summed E-state index contributed by atoms with van der Waals surface area (Å²) in [5.74, 6) is -2.69. The average Bonchev–Trinajstić information content (AvgIpc) is 3.11. The molecule has 1 heterocycles. The highest BCUT2D eigenvalue weighted by Gasteiger charge is 2.72. The zero-order chi connectivity index (χ0) is 23.1. The van der Waals surface area contributed by atoms with Gasteiger partial charge in [-0.05, 0) is 28.3 Å². The molecule has 1 fully saturated rings. The van der Waals surface area contributed by atoms with Crippen LogP contribution >= 0.6 is 0 Å². The zero-order valence-electron chi connectivity index (χ0n) is 17.6. The van der Waals surface area contributed by atoms with E-state index in [1.54, 1.807) is 0 Å². The molecule has 1 saturated heterocycles. The van der Waals surface area contributed by atoms with Crippen molar-refractivity contribution in [3.05, 3.63) is 105 Å². The van der Waals surface area contributed by atoms with Crippen LogP contribution in [0, 0.1) is 22.0 Å². The summed E-state index contributed by atoms with van der Waals surface area (Å²) in [6, 6.07) is 20.5. The Kier molecular flexibility index (Phi) is 3.69. The summed E-state index contributed by atoms with van der Waals surface area (Å²) in [6.45, 7) is 1.96. The molecule has 0 spiro atoms. The van der Waals surface area contributed by atoms with Crippen LogP contribution in [0.4, 0.5) is 11.4 Å². The molecule has 0 N–H and O–H groups in total. The van der Waals surface area contributed by atoms with Gasteiger partial charge in [0, 0.05) is 17.5 Å². The quantitative estimate of drug-likeness (QED) is 0.270. The zero-order valence-corrected chi connectivity index (χ0v) is 17.6. The standard InChI is InChI=1S/C26H18N2O5/c1-25-17-9-2-4-11-19(17)26(14-29,20-12-5-3-10-18(20)25)22-21(25)23(30)27(24(22)31)15-7-6-8-16(13-15)28(32)33/h2-14,21-22H,1H3/t21-,22-,25?,26?/m1/s1. The van der Waals surface area contributed by atoms with E-state index in [0.717, 1.165) is 33.4 Å². The molecule has 7 nitrogen and oxygen atoms in total. The SMILES string of the molecule is CC12c3ccccc3C(C=O)(c3ccccc31)[C@H]1C(=O)N(c3cccc([N+](=O)[O-])c3)C(=O)[C@@H]12. The van der Waals surface area contributed by atoms with Crippen LogP contribution in [-0.2, 0) is 25.2 Å². The van der Waals surface area contributed by atoms with Gasteiger partial charge < -0.3 is 4.79 Å². The molecular weight excluding hydrogens is 420 g/mol. The van der Waals surface area contributed by atoms with Crippen molar-refractivity contribution in [1.29, 1.82) is 0 Å². The highest BCUT2D eigenvalue weighted by atomic mass is 16.6. The van der Waals surface area contributed by atoms with Gasteiger partial charge in [-0.2, -0.15) is 0 Å². The number of imide groups is 1. The number of nitro groups is 1. The normalized spacial score (nSPS) is 28.8. The largest absolute Gasteiger partial charge is 0.302 e. The smallest absolute Gasteiger partial charge is 0.271 e. The number of anilines is 1. The Labute approximate surface area is 188 Å². The highest BCUT2D eigenvalue weighted by Crippen LogP contribution is 2.66. The molecule has 162 valence electrons. The van der Waals surface area contributed by atoms with Crippen LogP contribution < -0.4 is 4.90 Å². The summed E-state index contributed by atoms with van der Waals surface area (Å²) in [5, 5.41) is 11.3. The van der Waals surface area contributed by atoms with E-state index in [1.807, 2.05) is 55.5 Å². The fourth-order valence-corrected chi connectivity index (χ4v) is 6.46. The second-order valence-corrected chi connectivity index (χ2v) is 9.02. The third kappa shape index (κ3) is 2.07. The molecule has 0 unspecified atom stereocenters. The van der Waals surface area contributed by atoms with Gasteiger partial charge in [0.15, 0.2) is 0 Å². The fraction of sp³-hybridized carbons (Fsp3) is 0.192. The molecule has 0 saturated carbocycles. The van der Waals surface area contributed by atoms with Gasteiger partial charge in [0.2, 0.25) is 11.8 Å². The maximum Gasteiger partial charge on any atom is 0.271 e. The van der Waals surface area contributed by atoms with E-state index in [-0.39, 0.29) is 11.4 Å². The number of nitro benzene ring substituents is 1. The first-order valence-electron chi connectivity index (χ1n) is 10.7. The Morgan fingerprint density at radius 2 is 1.39 bits per heavy atom. The molecule has 7 rings (SSSR count). The third-order valence-electron chi connectivity index (χ3n) is 7.77. The first-order valence-corrected chi connectivity index (χ1v) is 10.7. The van der Waals surface area contributed by atoms with E-state index in [2.05, 4.69) is 0 Å². The molecular formula is C26H18N2O5. The number of hydrogen-bond donors (Lipinski definition) is 0. The molecule has 0 aromatic heterocycles. The first kappa shape index (κ1) is 19.5. The topological polar surface area (TPSA) is 97.6 Å².